The number of nitrogens with zero attached hydrogens (tertiary/aromatic N) is 2. The molecule has 0 aliphatic rings. The highest BCUT2D eigenvalue weighted by atomic mass is 79.9. The highest BCUT2D eigenvalue weighted by molar-refractivity contribution is 9.10. The van der Waals surface area contributed by atoms with Gasteiger partial charge in [0.05, 0.1) is 0 Å². The van der Waals surface area contributed by atoms with E-state index in [2.05, 4.69) is 30.6 Å². The first-order valence-electron chi connectivity index (χ1n) is 4.46. The molecule has 2 aromatic rings. The smallest absolute Gasteiger partial charge is 0.394 e. The van der Waals surface area contributed by atoms with E-state index >= 15 is 0 Å². The number of benzene rings is 1. The van der Waals surface area contributed by atoms with Crippen LogP contribution in [0, 0.1) is 0 Å². The molecule has 0 saturated carbocycles. The summed E-state index contributed by atoms with van der Waals surface area (Å²) in [5, 5.41) is 12.2. The van der Waals surface area contributed by atoms with Gasteiger partial charge in [-0.05, 0) is 11.6 Å². The molecule has 0 atom stereocenters. The Morgan fingerprint density at radius 1 is 1.44 bits per heavy atom. The molecule has 5 nitrogen and oxygen atoms in total. The molecule has 0 bridgehead atoms. The summed E-state index contributed by atoms with van der Waals surface area (Å²) < 4.78 is 5.49. The summed E-state index contributed by atoms with van der Waals surface area (Å²) in [5.41, 5.74) is 0.972. The van der Waals surface area contributed by atoms with E-state index in [1.165, 1.54) is 0 Å². The predicted molar refractivity (Wildman–Crippen MR) is 58.2 cm³/mol. The van der Waals surface area contributed by atoms with Gasteiger partial charge in [0.2, 0.25) is 0 Å². The summed E-state index contributed by atoms with van der Waals surface area (Å²) in [5.74, 6) is -1.25. The maximum absolute atomic E-state index is 10.5. The molecule has 1 N–H and O–H groups in total. The van der Waals surface area contributed by atoms with Crippen molar-refractivity contribution in [3.63, 3.8) is 0 Å². The summed E-state index contributed by atoms with van der Waals surface area (Å²) in [4.78, 5) is 14.3. The van der Waals surface area contributed by atoms with Gasteiger partial charge in [0.15, 0.2) is 5.82 Å². The van der Waals surface area contributed by atoms with Crippen LogP contribution in [0.1, 0.15) is 22.1 Å². The minimum atomic E-state index is -1.22. The molecule has 0 fully saturated rings. The molecular formula is C10H7BrN2O3. The van der Waals surface area contributed by atoms with Crippen LogP contribution in [0.5, 0.6) is 0 Å². The lowest BCUT2D eigenvalue weighted by molar-refractivity contribution is 0.0643. The quantitative estimate of drug-likeness (QED) is 0.933. The summed E-state index contributed by atoms with van der Waals surface area (Å²) >= 11 is 3.39. The Morgan fingerprint density at radius 2 is 2.19 bits per heavy atom. The molecule has 1 heterocycles. The Bertz CT molecular complexity index is 524. The number of aromatic carboxylic acids is 1. The van der Waals surface area contributed by atoms with E-state index in [1.54, 1.807) is 0 Å². The third kappa shape index (κ3) is 2.27. The van der Waals surface area contributed by atoms with Crippen molar-refractivity contribution in [2.75, 3.05) is 0 Å². The van der Waals surface area contributed by atoms with Gasteiger partial charge < -0.3 is 9.63 Å². The van der Waals surface area contributed by atoms with Crippen LogP contribution < -0.4 is 0 Å². The van der Waals surface area contributed by atoms with Gasteiger partial charge in [0, 0.05) is 10.9 Å². The maximum atomic E-state index is 10.5. The van der Waals surface area contributed by atoms with Crippen LogP contribution in [0.15, 0.2) is 33.3 Å². The van der Waals surface area contributed by atoms with Crippen molar-refractivity contribution < 1.29 is 14.4 Å². The molecule has 0 saturated heterocycles. The summed E-state index contributed by atoms with van der Waals surface area (Å²) in [6, 6.07) is 7.58. The molecular weight excluding hydrogens is 276 g/mol. The first-order chi connectivity index (χ1) is 7.66. The lowest BCUT2D eigenvalue weighted by atomic mass is 10.1. The van der Waals surface area contributed by atoms with Crippen molar-refractivity contribution in [3.05, 3.63) is 46.0 Å². The van der Waals surface area contributed by atoms with Gasteiger partial charge in [-0.1, -0.05) is 39.3 Å². The molecule has 1 aromatic carbocycles. The number of carboxylic acid groups (broad SMARTS) is 1. The van der Waals surface area contributed by atoms with Gasteiger partial charge in [0.25, 0.3) is 0 Å². The van der Waals surface area contributed by atoms with Crippen LogP contribution >= 0.6 is 15.9 Å². The van der Waals surface area contributed by atoms with Crippen molar-refractivity contribution in [2.24, 2.45) is 0 Å². The Kier molecular flexibility index (Phi) is 3.00. The van der Waals surface area contributed by atoms with E-state index in [4.69, 9.17) is 5.11 Å². The van der Waals surface area contributed by atoms with Crippen molar-refractivity contribution in [3.8, 4) is 0 Å². The Labute approximate surface area is 99.2 Å². The van der Waals surface area contributed by atoms with E-state index in [1.807, 2.05) is 24.3 Å². The van der Waals surface area contributed by atoms with Gasteiger partial charge in [-0.2, -0.15) is 4.98 Å². The average molecular weight is 283 g/mol. The van der Waals surface area contributed by atoms with Gasteiger partial charge >= 0.3 is 11.9 Å². The van der Waals surface area contributed by atoms with Gasteiger partial charge in [-0.3, -0.25) is 0 Å². The fourth-order valence-electron chi connectivity index (χ4n) is 1.22. The number of hydrogen-bond donors (Lipinski definition) is 1. The molecule has 0 aliphatic carbocycles. The first kappa shape index (κ1) is 10.8. The number of aromatic nitrogens is 2. The van der Waals surface area contributed by atoms with Crippen LogP contribution in [0.25, 0.3) is 0 Å². The van der Waals surface area contributed by atoms with E-state index < -0.39 is 5.97 Å². The van der Waals surface area contributed by atoms with E-state index in [0.717, 1.165) is 10.0 Å². The Hall–Kier alpha value is -1.69. The number of halogens is 1. The van der Waals surface area contributed by atoms with Gasteiger partial charge in [-0.15, -0.1) is 0 Å². The SMILES string of the molecule is O=C(O)c1nc(Cc2ccccc2Br)no1. The number of carboxylic acids is 1. The summed E-state index contributed by atoms with van der Waals surface area (Å²) in [7, 11) is 0. The standard InChI is InChI=1S/C10H7BrN2O3/c11-7-4-2-1-3-6(7)5-8-12-9(10(14)15)16-13-8/h1-4H,5H2,(H,14,15). The van der Waals surface area contributed by atoms with Crippen molar-refractivity contribution in [2.45, 2.75) is 6.42 Å². The second-order valence-electron chi connectivity index (χ2n) is 3.09. The summed E-state index contributed by atoms with van der Waals surface area (Å²) in [6.07, 6.45) is 0.429. The summed E-state index contributed by atoms with van der Waals surface area (Å²) in [6.45, 7) is 0. The van der Waals surface area contributed by atoms with Crippen molar-refractivity contribution >= 4 is 21.9 Å². The van der Waals surface area contributed by atoms with E-state index in [9.17, 15) is 4.79 Å². The Balaban J connectivity index is 2.21. The third-order valence-electron chi connectivity index (χ3n) is 1.96. The van der Waals surface area contributed by atoms with Crippen LogP contribution in [0.3, 0.4) is 0 Å². The number of rotatable bonds is 3. The zero-order valence-electron chi connectivity index (χ0n) is 8.05. The topological polar surface area (TPSA) is 76.2 Å². The minimum absolute atomic E-state index is 0.351. The number of carbonyl (C=O) groups is 1. The third-order valence-corrected chi connectivity index (χ3v) is 2.73. The highest BCUT2D eigenvalue weighted by Crippen LogP contribution is 2.18. The molecule has 1 aromatic heterocycles. The Morgan fingerprint density at radius 3 is 2.81 bits per heavy atom. The minimum Gasteiger partial charge on any atom is -0.474 e. The molecule has 0 radical (unpaired) electrons. The van der Waals surface area contributed by atoms with E-state index in [-0.39, 0.29) is 5.89 Å². The second-order valence-corrected chi connectivity index (χ2v) is 3.94. The molecule has 6 heteroatoms. The maximum Gasteiger partial charge on any atom is 0.394 e. The lowest BCUT2D eigenvalue weighted by Gasteiger charge is -1.99. The van der Waals surface area contributed by atoms with Crippen LogP contribution in [-0.2, 0) is 6.42 Å². The lowest BCUT2D eigenvalue weighted by Crippen LogP contribution is -1.97. The first-order valence-corrected chi connectivity index (χ1v) is 5.25. The highest BCUT2D eigenvalue weighted by Gasteiger charge is 2.13. The molecule has 0 spiro atoms. The predicted octanol–water partition coefficient (Wildman–Crippen LogP) is 2.12. The molecule has 2 rings (SSSR count). The van der Waals surface area contributed by atoms with Gasteiger partial charge in [-0.25, -0.2) is 4.79 Å². The van der Waals surface area contributed by atoms with Crippen molar-refractivity contribution in [1.82, 2.24) is 10.1 Å². The monoisotopic (exact) mass is 282 g/mol. The molecule has 0 amide bonds. The zero-order chi connectivity index (χ0) is 11.5. The fourth-order valence-corrected chi connectivity index (χ4v) is 1.65. The normalized spacial score (nSPS) is 10.3. The van der Waals surface area contributed by atoms with Crippen LogP contribution in [0.4, 0.5) is 0 Å². The molecule has 0 unspecified atom stereocenters. The fraction of sp³-hybridized carbons (Fsp3) is 0.100. The number of hydrogen-bond acceptors (Lipinski definition) is 4. The molecule has 82 valence electrons. The van der Waals surface area contributed by atoms with E-state index in [0.29, 0.717) is 12.2 Å². The van der Waals surface area contributed by atoms with Gasteiger partial charge in [0.1, 0.15) is 0 Å². The van der Waals surface area contributed by atoms with Crippen LogP contribution in [0.2, 0.25) is 0 Å². The van der Waals surface area contributed by atoms with Crippen LogP contribution in [-0.4, -0.2) is 21.2 Å². The van der Waals surface area contributed by atoms with Crippen molar-refractivity contribution in [1.29, 1.82) is 0 Å². The molecule has 0 aliphatic heterocycles. The molecule has 16 heavy (non-hydrogen) atoms. The second kappa shape index (κ2) is 4.44. The zero-order valence-corrected chi connectivity index (χ0v) is 9.64. The largest absolute Gasteiger partial charge is 0.474 e. The average Bonchev–Trinajstić information content (AvgIpc) is 2.70.